The van der Waals surface area contributed by atoms with Crippen molar-refractivity contribution in [3.05, 3.63) is 77.2 Å². The number of nitrogens with zero attached hydrogens (tertiary/aromatic N) is 3. The lowest BCUT2D eigenvalue weighted by Gasteiger charge is -2.39. The summed E-state index contributed by atoms with van der Waals surface area (Å²) in [6.07, 6.45) is 0. The highest BCUT2D eigenvalue weighted by atomic mass is 19.1. The van der Waals surface area contributed by atoms with E-state index in [0.29, 0.717) is 12.4 Å². The van der Waals surface area contributed by atoms with Crippen molar-refractivity contribution in [2.45, 2.75) is 46.6 Å². The average molecular weight is 449 g/mol. The van der Waals surface area contributed by atoms with Crippen LogP contribution in [0.2, 0.25) is 0 Å². The minimum Gasteiger partial charge on any atom is -0.343 e. The summed E-state index contributed by atoms with van der Waals surface area (Å²) in [4.78, 5) is 28.5. The molecule has 0 spiro atoms. The molecule has 1 aliphatic rings. The van der Waals surface area contributed by atoms with Crippen LogP contribution in [-0.2, 0) is 9.59 Å². The van der Waals surface area contributed by atoms with Crippen molar-refractivity contribution in [2.24, 2.45) is 5.41 Å². The molecule has 4 rings (SSSR count). The summed E-state index contributed by atoms with van der Waals surface area (Å²) in [7, 11) is 0. The summed E-state index contributed by atoms with van der Waals surface area (Å²) in [6, 6.07) is 14.9. The molecule has 33 heavy (non-hydrogen) atoms. The molecule has 7 heteroatoms. The number of likely N-dealkylation sites (N-methyl/N-ethyl adjacent to an activating group) is 1. The Morgan fingerprint density at radius 3 is 2.30 bits per heavy atom. The fourth-order valence-corrected chi connectivity index (χ4v) is 4.32. The number of anilines is 1. The zero-order valence-corrected chi connectivity index (χ0v) is 19.6. The first-order chi connectivity index (χ1) is 15.6. The quantitative estimate of drug-likeness (QED) is 0.645. The zero-order chi connectivity index (χ0) is 23.9. The predicted octanol–water partition coefficient (Wildman–Crippen LogP) is 4.35. The summed E-state index contributed by atoms with van der Waals surface area (Å²) in [5.41, 5.74) is 2.52. The number of para-hydroxylation sites is 1. The first-order valence-corrected chi connectivity index (χ1v) is 11.2. The first-order valence-electron chi connectivity index (χ1n) is 11.2. The molecule has 0 fully saturated rings. The van der Waals surface area contributed by atoms with Gasteiger partial charge in [-0.25, -0.2) is 9.07 Å². The van der Waals surface area contributed by atoms with E-state index in [9.17, 15) is 14.0 Å². The number of aromatic nitrogens is 2. The minimum atomic E-state index is -0.832. The molecule has 0 radical (unpaired) electrons. The van der Waals surface area contributed by atoms with Crippen LogP contribution in [-0.4, -0.2) is 34.2 Å². The topological polar surface area (TPSA) is 67.2 Å². The lowest BCUT2D eigenvalue weighted by atomic mass is 9.80. The Morgan fingerprint density at radius 2 is 1.73 bits per heavy atom. The molecule has 0 saturated carbocycles. The van der Waals surface area contributed by atoms with Crippen LogP contribution in [0.25, 0.3) is 5.69 Å². The van der Waals surface area contributed by atoms with Crippen molar-refractivity contribution in [1.82, 2.24) is 15.1 Å². The fourth-order valence-electron chi connectivity index (χ4n) is 4.32. The van der Waals surface area contributed by atoms with Gasteiger partial charge in [0.05, 0.1) is 11.4 Å². The Hall–Kier alpha value is -3.48. The van der Waals surface area contributed by atoms with Crippen molar-refractivity contribution in [1.29, 1.82) is 0 Å². The lowest BCUT2D eigenvalue weighted by molar-refractivity contribution is -0.133. The van der Waals surface area contributed by atoms with E-state index in [4.69, 9.17) is 5.10 Å². The van der Waals surface area contributed by atoms with Crippen LogP contribution in [0.4, 0.5) is 10.2 Å². The first kappa shape index (κ1) is 22.7. The monoisotopic (exact) mass is 448 g/mol. The third-order valence-corrected chi connectivity index (χ3v) is 6.03. The van der Waals surface area contributed by atoms with E-state index in [0.717, 1.165) is 22.5 Å². The number of amides is 2. The Morgan fingerprint density at radius 1 is 1.09 bits per heavy atom. The van der Waals surface area contributed by atoms with Crippen LogP contribution >= 0.6 is 0 Å². The molecule has 1 N–H and O–H groups in total. The number of fused-ring (bicyclic) bond motifs is 1. The summed E-state index contributed by atoms with van der Waals surface area (Å²) < 4.78 is 15.5. The standard InChI is InChI=1S/C26H29FN4O2/c1-6-30-23-20(16(2)29-31(23)19-10-8-7-9-11-19)21(17-12-14-18(27)15-13-17)22(24(30)32)28-25(33)26(3,4)5/h7-15,21-22H,6H2,1-5H3,(H,28,33). The molecule has 2 amide bonds. The number of carbonyl (C=O) groups is 2. The summed E-state index contributed by atoms with van der Waals surface area (Å²) in [5.74, 6) is -0.612. The third-order valence-electron chi connectivity index (χ3n) is 6.03. The molecule has 172 valence electrons. The van der Waals surface area contributed by atoms with Crippen molar-refractivity contribution >= 4 is 17.6 Å². The van der Waals surface area contributed by atoms with E-state index >= 15 is 0 Å². The van der Waals surface area contributed by atoms with Gasteiger partial charge in [0.1, 0.15) is 17.7 Å². The summed E-state index contributed by atoms with van der Waals surface area (Å²) in [5, 5.41) is 7.78. The highest BCUT2D eigenvalue weighted by molar-refractivity contribution is 6.03. The van der Waals surface area contributed by atoms with Gasteiger partial charge in [0, 0.05) is 23.4 Å². The number of hydrogen-bond donors (Lipinski definition) is 1. The van der Waals surface area contributed by atoms with Gasteiger partial charge in [-0.2, -0.15) is 5.10 Å². The third kappa shape index (κ3) is 4.03. The number of hydrogen-bond acceptors (Lipinski definition) is 3. The highest BCUT2D eigenvalue weighted by Crippen LogP contribution is 2.43. The van der Waals surface area contributed by atoms with Crippen LogP contribution in [0.15, 0.2) is 54.6 Å². The SMILES string of the molecule is CCN1C(=O)C(NC(=O)C(C)(C)C)C(c2ccc(F)cc2)c2c(C)nn(-c3ccccc3)c21. The number of aryl methyl sites for hydroxylation is 1. The molecule has 0 saturated heterocycles. The van der Waals surface area contributed by atoms with Gasteiger partial charge in [-0.1, -0.05) is 51.1 Å². The van der Waals surface area contributed by atoms with Crippen LogP contribution < -0.4 is 10.2 Å². The highest BCUT2D eigenvalue weighted by Gasteiger charge is 2.46. The number of rotatable bonds is 4. The van der Waals surface area contributed by atoms with E-state index in [1.807, 2.05) is 65.0 Å². The van der Waals surface area contributed by atoms with Crippen molar-refractivity contribution in [2.75, 3.05) is 11.4 Å². The molecule has 3 aromatic rings. The number of carbonyl (C=O) groups excluding carboxylic acids is 2. The van der Waals surface area contributed by atoms with Gasteiger partial charge in [0.15, 0.2) is 0 Å². The predicted molar refractivity (Wildman–Crippen MR) is 126 cm³/mol. The van der Waals surface area contributed by atoms with Gasteiger partial charge in [-0.05, 0) is 43.7 Å². The molecule has 2 heterocycles. The Bertz CT molecular complexity index is 1180. The van der Waals surface area contributed by atoms with Crippen molar-refractivity contribution < 1.29 is 14.0 Å². The average Bonchev–Trinajstić information content (AvgIpc) is 3.12. The van der Waals surface area contributed by atoms with Gasteiger partial charge in [0.2, 0.25) is 5.91 Å². The van der Waals surface area contributed by atoms with E-state index in [1.54, 1.807) is 21.7 Å². The normalized spacial score (nSPS) is 18.2. The second kappa shape index (κ2) is 8.46. The maximum Gasteiger partial charge on any atom is 0.251 e. The smallest absolute Gasteiger partial charge is 0.251 e. The van der Waals surface area contributed by atoms with Crippen molar-refractivity contribution in [3.8, 4) is 5.69 Å². The molecule has 6 nitrogen and oxygen atoms in total. The molecular weight excluding hydrogens is 419 g/mol. The zero-order valence-electron chi connectivity index (χ0n) is 19.6. The van der Waals surface area contributed by atoms with Crippen LogP contribution in [0.5, 0.6) is 0 Å². The molecule has 2 atom stereocenters. The Kier molecular flexibility index (Phi) is 5.82. The van der Waals surface area contributed by atoms with Gasteiger partial charge >= 0.3 is 0 Å². The summed E-state index contributed by atoms with van der Waals surface area (Å²) in [6.45, 7) is 9.65. The van der Waals surface area contributed by atoms with Gasteiger partial charge in [-0.15, -0.1) is 0 Å². The Balaban J connectivity index is 1.95. The van der Waals surface area contributed by atoms with Gasteiger partial charge in [0.25, 0.3) is 5.91 Å². The van der Waals surface area contributed by atoms with E-state index in [-0.39, 0.29) is 17.6 Å². The molecular formula is C26H29FN4O2. The van der Waals surface area contributed by atoms with Crippen LogP contribution in [0.1, 0.15) is 50.4 Å². The van der Waals surface area contributed by atoms with Gasteiger partial charge < -0.3 is 5.32 Å². The summed E-state index contributed by atoms with van der Waals surface area (Å²) >= 11 is 0. The molecule has 0 bridgehead atoms. The second-order valence-corrected chi connectivity index (χ2v) is 9.38. The van der Waals surface area contributed by atoms with E-state index in [1.165, 1.54) is 12.1 Å². The number of nitrogens with one attached hydrogen (secondary N) is 1. The second-order valence-electron chi connectivity index (χ2n) is 9.38. The van der Waals surface area contributed by atoms with Crippen molar-refractivity contribution in [3.63, 3.8) is 0 Å². The van der Waals surface area contributed by atoms with Crippen LogP contribution in [0.3, 0.4) is 0 Å². The number of benzene rings is 2. The molecule has 2 unspecified atom stereocenters. The van der Waals surface area contributed by atoms with E-state index < -0.39 is 17.4 Å². The Labute approximate surface area is 193 Å². The molecule has 1 aliphatic heterocycles. The fraction of sp³-hybridized carbons (Fsp3) is 0.346. The maximum absolute atomic E-state index is 13.8. The van der Waals surface area contributed by atoms with Crippen LogP contribution in [0, 0.1) is 18.2 Å². The van der Waals surface area contributed by atoms with E-state index in [2.05, 4.69) is 5.32 Å². The number of halogens is 1. The molecule has 0 aliphatic carbocycles. The van der Waals surface area contributed by atoms with Gasteiger partial charge in [-0.3, -0.25) is 14.5 Å². The molecule has 2 aromatic carbocycles. The molecule has 1 aromatic heterocycles. The maximum atomic E-state index is 13.8. The minimum absolute atomic E-state index is 0.214. The largest absolute Gasteiger partial charge is 0.343 e. The lowest BCUT2D eigenvalue weighted by Crippen LogP contribution is -2.57.